The fourth-order valence-corrected chi connectivity index (χ4v) is 14.1. The molecular weight excluding hydrogens is 1690 g/mol. The van der Waals surface area contributed by atoms with Gasteiger partial charge in [0.1, 0.15) is 69.1 Å². The van der Waals surface area contributed by atoms with Crippen LogP contribution < -0.4 is 31.3 Å². The third kappa shape index (κ3) is 26.0. The maximum absolute atomic E-state index is 13.8. The normalized spacial score (nSPS) is 10.4. The Morgan fingerprint density at radius 2 is 0.669 bits per heavy atom. The molecule has 0 spiro atoms. The molecule has 0 amide bonds. The summed E-state index contributed by atoms with van der Waals surface area (Å²) in [6.45, 7) is 10.5. The van der Waals surface area contributed by atoms with Gasteiger partial charge in [-0.15, -0.1) is 0 Å². The monoisotopic (exact) mass is 1770 g/mol. The van der Waals surface area contributed by atoms with Gasteiger partial charge in [-0.05, 0) is 168 Å². The van der Waals surface area contributed by atoms with Gasteiger partial charge in [-0.2, -0.15) is 51.8 Å². The summed E-state index contributed by atoms with van der Waals surface area (Å²) in [4.78, 5) is 4.02. The molecule has 0 saturated carbocycles. The van der Waals surface area contributed by atoms with E-state index in [9.17, 15) is 35.8 Å². The SMILES string of the molecule is COc1ccc(CNc2n[nH]c(Cc3cccc(Cl)c3)c2C#N)cc1F.Cc1ccc(CNc2n[nH]c(Cc3cccc(Cl)c3)c2C#N)c(C)c1.Cc1ccc(CNc2n[nH]c(Cc3cccc(Cl)c3)c2C#N)c(O)c1.Cc1ccc(CNc2n[nH]c(Cc3cccc(Cl)c3)c2C#N)cc1.N#Cc1c(NCc2cccnc2Cl)n[nH]c1Cc1cccc(Cl)c1. The summed E-state index contributed by atoms with van der Waals surface area (Å²) in [6, 6.07) is 77.1. The van der Waals surface area contributed by atoms with Gasteiger partial charge in [0, 0.05) is 107 Å². The van der Waals surface area contributed by atoms with Gasteiger partial charge >= 0.3 is 0 Å². The maximum atomic E-state index is 13.8. The van der Waals surface area contributed by atoms with Crippen molar-refractivity contribution in [2.45, 2.75) is 92.5 Å². The van der Waals surface area contributed by atoms with Gasteiger partial charge in [-0.3, -0.25) is 25.5 Å². The van der Waals surface area contributed by atoms with E-state index in [-0.39, 0.29) is 11.5 Å². The molecule has 23 nitrogen and oxygen atoms in total. The highest BCUT2D eigenvalue weighted by molar-refractivity contribution is 6.32. The summed E-state index contributed by atoms with van der Waals surface area (Å²) in [7, 11) is 1.42. The molecular formula is C94H82Cl6FN21O2. The molecule has 9 aromatic carbocycles. The first kappa shape index (κ1) is 90.7. The van der Waals surface area contributed by atoms with E-state index in [2.05, 4.69) is 176 Å². The molecule has 0 bridgehead atoms. The average Bonchev–Trinajstić information content (AvgIpc) is 1.71. The van der Waals surface area contributed by atoms with E-state index in [4.69, 9.17) is 74.3 Å². The van der Waals surface area contributed by atoms with Gasteiger partial charge in [-0.25, -0.2) is 9.37 Å². The number of rotatable bonds is 26. The second-order valence-corrected chi connectivity index (χ2v) is 31.0. The van der Waals surface area contributed by atoms with Crippen molar-refractivity contribution in [3.8, 4) is 41.8 Å². The van der Waals surface area contributed by atoms with E-state index in [0.717, 1.165) is 72.8 Å². The molecule has 0 unspecified atom stereocenters. The van der Waals surface area contributed by atoms with Crippen molar-refractivity contribution >= 4 is 98.7 Å². The molecule has 0 aliphatic heterocycles. The van der Waals surface area contributed by atoms with E-state index in [1.807, 2.05) is 146 Å². The van der Waals surface area contributed by atoms with E-state index in [0.29, 0.717) is 163 Å². The molecule has 0 aliphatic carbocycles. The lowest BCUT2D eigenvalue weighted by Gasteiger charge is -2.08. The van der Waals surface area contributed by atoms with Crippen LogP contribution >= 0.6 is 69.6 Å². The predicted molar refractivity (Wildman–Crippen MR) is 487 cm³/mol. The number of H-pyrrole nitrogens is 5. The van der Waals surface area contributed by atoms with E-state index in [1.165, 1.54) is 35.4 Å². The number of pyridine rings is 1. The van der Waals surface area contributed by atoms with E-state index < -0.39 is 5.82 Å². The number of methoxy groups -OCH3 is 1. The number of aromatic hydroxyl groups is 1. The summed E-state index contributed by atoms with van der Waals surface area (Å²) in [5.74, 6) is 2.54. The van der Waals surface area contributed by atoms with Crippen LogP contribution in [0.2, 0.25) is 30.3 Å². The zero-order valence-electron chi connectivity index (χ0n) is 67.8. The van der Waals surface area contributed by atoms with Gasteiger partial charge in [0.05, 0.1) is 35.6 Å². The van der Waals surface area contributed by atoms with Crippen LogP contribution in [0.1, 0.15) is 134 Å². The second kappa shape index (κ2) is 45.0. The van der Waals surface area contributed by atoms with Gasteiger partial charge in [0.2, 0.25) is 0 Å². The van der Waals surface area contributed by atoms with Gasteiger partial charge in [0.15, 0.2) is 40.7 Å². The summed E-state index contributed by atoms with van der Waals surface area (Å²) in [5, 5.41) is 113. The number of nitrogens with one attached hydrogen (secondary N) is 10. The Morgan fingerprint density at radius 3 is 1.00 bits per heavy atom. The molecule has 0 fully saturated rings. The zero-order chi connectivity index (χ0) is 88.0. The third-order valence-corrected chi connectivity index (χ3v) is 20.8. The number of hydrogen-bond donors (Lipinski definition) is 11. The number of aromatic amines is 5. The molecule has 0 aliphatic rings. The molecule has 15 rings (SSSR count). The number of aryl methyl sites for hydroxylation is 4. The van der Waals surface area contributed by atoms with Crippen LogP contribution in [-0.4, -0.2) is 68.2 Å². The van der Waals surface area contributed by atoms with Crippen molar-refractivity contribution in [1.29, 1.82) is 26.3 Å². The fourth-order valence-electron chi connectivity index (χ4n) is 12.9. The highest BCUT2D eigenvalue weighted by Gasteiger charge is 2.21. The maximum Gasteiger partial charge on any atom is 0.166 e. The van der Waals surface area contributed by atoms with Gasteiger partial charge in [-0.1, -0.05) is 208 Å². The molecule has 15 aromatic rings. The Kier molecular flexibility index (Phi) is 32.9. The predicted octanol–water partition coefficient (Wildman–Crippen LogP) is 21.8. The summed E-state index contributed by atoms with van der Waals surface area (Å²) >= 11 is 36.1. The van der Waals surface area contributed by atoms with Crippen molar-refractivity contribution in [3.63, 3.8) is 0 Å². The van der Waals surface area contributed by atoms with Crippen LogP contribution in [0.25, 0.3) is 0 Å². The van der Waals surface area contributed by atoms with Gasteiger partial charge < -0.3 is 36.4 Å². The number of halogens is 7. The first-order valence-corrected chi connectivity index (χ1v) is 40.9. The number of benzene rings is 9. The second-order valence-electron chi connectivity index (χ2n) is 28.5. The lowest BCUT2D eigenvalue weighted by atomic mass is 10.1. The molecule has 0 radical (unpaired) electrons. The molecule has 11 N–H and O–H groups in total. The molecule has 30 heteroatoms. The number of hydrogen-bond acceptors (Lipinski definition) is 18. The zero-order valence-corrected chi connectivity index (χ0v) is 72.3. The minimum atomic E-state index is -0.434. The number of ether oxygens (including phenoxy) is 1. The van der Waals surface area contributed by atoms with Crippen molar-refractivity contribution in [2.75, 3.05) is 33.7 Å². The number of phenols is 1. The molecule has 0 saturated heterocycles. The summed E-state index contributed by atoms with van der Waals surface area (Å²) in [5.41, 5.74) is 20.5. The Hall–Kier alpha value is -14.1. The number of anilines is 5. The minimum absolute atomic E-state index is 0.190. The molecule has 124 heavy (non-hydrogen) atoms. The Labute approximate surface area is 746 Å². The number of phenolic OH excluding ortho intramolecular Hbond substituents is 1. The van der Waals surface area contributed by atoms with E-state index in [1.54, 1.807) is 30.5 Å². The average molecular weight is 1770 g/mol. The molecule has 624 valence electrons. The van der Waals surface area contributed by atoms with Crippen LogP contribution in [-0.2, 0) is 64.8 Å². The largest absolute Gasteiger partial charge is 0.508 e. The molecule has 0 atom stereocenters. The quantitative estimate of drug-likeness (QED) is 0.0224. The van der Waals surface area contributed by atoms with Crippen LogP contribution in [0.4, 0.5) is 33.5 Å². The Balaban J connectivity index is 0.000000151. The van der Waals surface area contributed by atoms with E-state index >= 15 is 0 Å². The van der Waals surface area contributed by atoms with Gasteiger partial charge in [0.25, 0.3) is 0 Å². The summed E-state index contributed by atoms with van der Waals surface area (Å²) < 4.78 is 18.7. The van der Waals surface area contributed by atoms with Crippen LogP contribution in [0, 0.1) is 90.2 Å². The van der Waals surface area contributed by atoms with Crippen LogP contribution in [0.15, 0.2) is 219 Å². The van der Waals surface area contributed by atoms with Crippen LogP contribution in [0.3, 0.4) is 0 Å². The van der Waals surface area contributed by atoms with Crippen molar-refractivity contribution in [2.24, 2.45) is 0 Å². The smallest absolute Gasteiger partial charge is 0.166 e. The number of aromatic nitrogens is 11. The Bertz CT molecular complexity index is 6250. The highest BCUT2D eigenvalue weighted by atomic mass is 35.5. The minimum Gasteiger partial charge on any atom is -0.508 e. The standard InChI is InChI=1S/C20H19ClN4.C19H16ClFN4O.C19H17ClN4O.C19H17ClN4.C17H13Cl2N5/c1-13-6-7-16(14(2)8-13)12-23-20-18(11-22)19(24-25-20)10-15-4-3-5-17(21)9-15;1-26-18-6-5-13(8-16(18)21)11-23-19-15(10-22)17(24-25-19)9-12-3-2-4-14(20)7-12;1-12-5-6-14(18(25)7-12)11-22-19-16(10-21)17(23-24-19)9-13-3-2-4-15(20)8-13;1-13-5-7-14(8-6-13)12-22-19-17(11-21)18(23-24-19)10-15-3-2-4-16(20)9-15;18-13-5-1-3-11(7-13)8-15-14(9-20)17(24-23-15)22-10-12-4-2-6-21-16(12)19/h3-9H,10,12H2,1-2H3,(H2,23,24,25);2-8H,9,11H2,1H3,(H2,23,24,25);2-8,25H,9,11H2,1H3,(H2,22,23,24);2-9H,10,12H2,1H3,(H2,22,23,24);1-7H,8,10H2,(H2,22,23,24). The van der Waals surface area contributed by atoms with Crippen LogP contribution in [0.5, 0.6) is 11.5 Å². The number of nitrogens with zero attached hydrogens (tertiary/aromatic N) is 11. The lowest BCUT2D eigenvalue weighted by Crippen LogP contribution is -2.03. The lowest BCUT2D eigenvalue weighted by molar-refractivity contribution is 0.386. The molecule has 6 heterocycles. The van der Waals surface area contributed by atoms with Crippen molar-refractivity contribution in [3.05, 3.63) is 389 Å². The van der Waals surface area contributed by atoms with Crippen molar-refractivity contribution < 1.29 is 14.2 Å². The fraction of sp³-hybridized carbons (Fsp3) is 0.160. The number of nitriles is 5. The summed E-state index contributed by atoms with van der Waals surface area (Å²) in [6.07, 6.45) is 4.39. The first-order chi connectivity index (χ1) is 60.0. The van der Waals surface area contributed by atoms with Crippen molar-refractivity contribution in [1.82, 2.24) is 56.0 Å². The Morgan fingerprint density at radius 1 is 0.347 bits per heavy atom. The molecule has 6 aromatic heterocycles. The highest BCUT2D eigenvalue weighted by Crippen LogP contribution is 2.30. The first-order valence-electron chi connectivity index (χ1n) is 38.7. The third-order valence-electron chi connectivity index (χ3n) is 19.3. The topological polar surface area (TPSA) is 365 Å².